The molecule has 27 heavy (non-hydrogen) atoms. The number of hydrazone groups is 1. The molecule has 0 aliphatic rings. The topological polar surface area (TPSA) is 124 Å². The van der Waals surface area contributed by atoms with E-state index in [1.807, 2.05) is 0 Å². The smallest absolute Gasteiger partial charge is 0.270 e. The Balaban J connectivity index is 1.69. The SMILES string of the molecule is O=[N+]([O-])c1ccc(N/N=C\c2ccc(-c3ccc([N+](=O)[O-])cc3Br)o2)cc1. The van der Waals surface area contributed by atoms with Crippen molar-refractivity contribution >= 4 is 39.2 Å². The van der Waals surface area contributed by atoms with Gasteiger partial charge in [0.2, 0.25) is 0 Å². The van der Waals surface area contributed by atoms with Crippen molar-refractivity contribution in [2.75, 3.05) is 5.43 Å². The molecule has 3 rings (SSSR count). The molecule has 10 heteroatoms. The van der Waals surface area contributed by atoms with Gasteiger partial charge in [-0.05, 0) is 46.3 Å². The Morgan fingerprint density at radius 3 is 2.26 bits per heavy atom. The molecular formula is C17H11BrN4O5. The van der Waals surface area contributed by atoms with Crippen LogP contribution in [0.25, 0.3) is 11.3 Å². The van der Waals surface area contributed by atoms with Crippen molar-refractivity contribution in [3.63, 3.8) is 0 Å². The summed E-state index contributed by atoms with van der Waals surface area (Å²) < 4.78 is 6.20. The van der Waals surface area contributed by atoms with Gasteiger partial charge in [-0.2, -0.15) is 5.10 Å². The first kappa shape index (κ1) is 18.3. The van der Waals surface area contributed by atoms with Crippen LogP contribution < -0.4 is 5.43 Å². The van der Waals surface area contributed by atoms with Crippen molar-refractivity contribution in [1.29, 1.82) is 0 Å². The fraction of sp³-hybridized carbons (Fsp3) is 0. The number of hydrogen-bond donors (Lipinski definition) is 1. The Morgan fingerprint density at radius 1 is 0.963 bits per heavy atom. The zero-order valence-electron chi connectivity index (χ0n) is 13.5. The van der Waals surface area contributed by atoms with E-state index < -0.39 is 9.85 Å². The van der Waals surface area contributed by atoms with E-state index in [-0.39, 0.29) is 11.4 Å². The predicted molar refractivity (Wildman–Crippen MR) is 103 cm³/mol. The van der Waals surface area contributed by atoms with E-state index in [0.29, 0.717) is 27.2 Å². The zero-order chi connectivity index (χ0) is 19.4. The highest BCUT2D eigenvalue weighted by atomic mass is 79.9. The third kappa shape index (κ3) is 4.36. The summed E-state index contributed by atoms with van der Waals surface area (Å²) in [6, 6.07) is 13.6. The van der Waals surface area contributed by atoms with E-state index in [2.05, 4.69) is 26.5 Å². The summed E-state index contributed by atoms with van der Waals surface area (Å²) in [5, 5.41) is 25.4. The first-order valence-electron chi connectivity index (χ1n) is 7.52. The van der Waals surface area contributed by atoms with Crippen LogP contribution in [-0.4, -0.2) is 16.1 Å². The van der Waals surface area contributed by atoms with Crippen LogP contribution in [-0.2, 0) is 0 Å². The number of nitro benzene ring substituents is 2. The molecule has 0 saturated heterocycles. The molecule has 3 aromatic rings. The highest BCUT2D eigenvalue weighted by molar-refractivity contribution is 9.10. The van der Waals surface area contributed by atoms with Gasteiger partial charge in [0.1, 0.15) is 11.5 Å². The molecule has 9 nitrogen and oxygen atoms in total. The number of hydrogen-bond acceptors (Lipinski definition) is 7. The highest BCUT2D eigenvalue weighted by Gasteiger charge is 2.13. The molecule has 1 aromatic heterocycles. The predicted octanol–water partition coefficient (Wildman–Crippen LogP) is 4.97. The Hall–Kier alpha value is -3.53. The molecular weight excluding hydrogens is 420 g/mol. The first-order valence-corrected chi connectivity index (χ1v) is 8.31. The van der Waals surface area contributed by atoms with Gasteiger partial charge in [0, 0.05) is 34.3 Å². The lowest BCUT2D eigenvalue weighted by atomic mass is 10.1. The Bertz CT molecular complexity index is 1030. The van der Waals surface area contributed by atoms with E-state index >= 15 is 0 Å². The molecule has 136 valence electrons. The maximum absolute atomic E-state index is 10.8. The van der Waals surface area contributed by atoms with Gasteiger partial charge >= 0.3 is 0 Å². The van der Waals surface area contributed by atoms with Crippen LogP contribution in [0.2, 0.25) is 0 Å². The molecule has 1 N–H and O–H groups in total. The van der Waals surface area contributed by atoms with E-state index in [1.165, 1.54) is 42.6 Å². The number of furan rings is 1. The fourth-order valence-electron chi connectivity index (χ4n) is 2.21. The van der Waals surface area contributed by atoms with E-state index in [9.17, 15) is 20.2 Å². The second-order valence-electron chi connectivity index (χ2n) is 5.30. The zero-order valence-corrected chi connectivity index (χ0v) is 15.1. The minimum atomic E-state index is -0.478. The van der Waals surface area contributed by atoms with Crippen LogP contribution in [0.15, 0.2) is 68.6 Å². The largest absolute Gasteiger partial charge is 0.455 e. The van der Waals surface area contributed by atoms with Crippen LogP contribution in [0.4, 0.5) is 17.1 Å². The second-order valence-corrected chi connectivity index (χ2v) is 6.15. The molecule has 0 fully saturated rings. The summed E-state index contributed by atoms with van der Waals surface area (Å²) in [5.41, 5.74) is 3.97. The third-order valence-electron chi connectivity index (χ3n) is 3.52. The van der Waals surface area contributed by atoms with E-state index in [4.69, 9.17) is 4.42 Å². The summed E-state index contributed by atoms with van der Waals surface area (Å²) in [5.74, 6) is 0.984. The normalized spacial score (nSPS) is 10.9. The highest BCUT2D eigenvalue weighted by Crippen LogP contribution is 2.32. The number of benzene rings is 2. The monoisotopic (exact) mass is 430 g/mol. The average molecular weight is 431 g/mol. The van der Waals surface area contributed by atoms with Crippen molar-refractivity contribution in [3.8, 4) is 11.3 Å². The molecule has 2 aromatic carbocycles. The average Bonchev–Trinajstić information content (AvgIpc) is 3.10. The molecule has 0 aliphatic carbocycles. The maximum atomic E-state index is 10.8. The van der Waals surface area contributed by atoms with Crippen molar-refractivity contribution in [2.24, 2.45) is 5.10 Å². The third-order valence-corrected chi connectivity index (χ3v) is 4.18. The van der Waals surface area contributed by atoms with Gasteiger partial charge < -0.3 is 4.42 Å². The lowest BCUT2D eigenvalue weighted by Gasteiger charge is -2.01. The lowest BCUT2D eigenvalue weighted by Crippen LogP contribution is -1.91. The van der Waals surface area contributed by atoms with E-state index in [0.717, 1.165) is 0 Å². The number of nitrogens with one attached hydrogen (secondary N) is 1. The maximum Gasteiger partial charge on any atom is 0.270 e. The van der Waals surface area contributed by atoms with Gasteiger partial charge in [0.15, 0.2) is 0 Å². The van der Waals surface area contributed by atoms with Crippen LogP contribution in [0.3, 0.4) is 0 Å². The van der Waals surface area contributed by atoms with Gasteiger partial charge in [-0.3, -0.25) is 25.7 Å². The molecule has 0 amide bonds. The van der Waals surface area contributed by atoms with Gasteiger partial charge in [-0.25, -0.2) is 0 Å². The number of anilines is 1. The quantitative estimate of drug-likeness (QED) is 0.334. The Kier molecular flexibility index (Phi) is 5.27. The molecule has 1 heterocycles. The molecule has 0 bridgehead atoms. The number of nitrogens with zero attached hydrogens (tertiary/aromatic N) is 3. The van der Waals surface area contributed by atoms with Gasteiger partial charge in [-0.15, -0.1) is 0 Å². The van der Waals surface area contributed by atoms with Gasteiger partial charge in [-0.1, -0.05) is 0 Å². The Morgan fingerprint density at radius 2 is 1.63 bits per heavy atom. The fourth-order valence-corrected chi connectivity index (χ4v) is 2.77. The summed E-state index contributed by atoms with van der Waals surface area (Å²) in [7, 11) is 0. The molecule has 0 spiro atoms. The summed E-state index contributed by atoms with van der Waals surface area (Å²) in [6.45, 7) is 0. The first-order chi connectivity index (χ1) is 12.9. The molecule has 0 unspecified atom stereocenters. The molecule has 0 atom stereocenters. The van der Waals surface area contributed by atoms with Gasteiger partial charge in [0.25, 0.3) is 11.4 Å². The van der Waals surface area contributed by atoms with Crippen molar-refractivity contribution < 1.29 is 14.3 Å². The number of rotatable bonds is 6. The minimum Gasteiger partial charge on any atom is -0.455 e. The van der Waals surface area contributed by atoms with Crippen molar-refractivity contribution in [1.82, 2.24) is 0 Å². The lowest BCUT2D eigenvalue weighted by molar-refractivity contribution is -0.385. The van der Waals surface area contributed by atoms with Crippen molar-refractivity contribution in [3.05, 3.63) is 85.1 Å². The van der Waals surface area contributed by atoms with Gasteiger partial charge in [0.05, 0.1) is 21.7 Å². The standard InChI is InChI=1S/C17H11BrN4O5/c18-16-9-13(22(25)26)5-7-15(16)17-8-6-14(27-17)10-19-20-11-1-3-12(4-2-11)21(23)24/h1-10,20H/b19-10-. The van der Waals surface area contributed by atoms with Crippen LogP contribution in [0.5, 0.6) is 0 Å². The van der Waals surface area contributed by atoms with Crippen LogP contribution in [0, 0.1) is 20.2 Å². The second kappa shape index (κ2) is 7.79. The number of halogens is 1. The molecule has 0 saturated carbocycles. The van der Waals surface area contributed by atoms with E-state index in [1.54, 1.807) is 18.2 Å². The number of non-ortho nitro benzene ring substituents is 2. The summed E-state index contributed by atoms with van der Waals surface area (Å²) in [6.07, 6.45) is 1.45. The molecule has 0 aliphatic heterocycles. The van der Waals surface area contributed by atoms with Crippen molar-refractivity contribution in [2.45, 2.75) is 0 Å². The summed E-state index contributed by atoms with van der Waals surface area (Å²) >= 11 is 3.30. The molecule has 0 radical (unpaired) electrons. The number of nitro groups is 2. The summed E-state index contributed by atoms with van der Waals surface area (Å²) in [4.78, 5) is 20.5. The Labute approximate surface area is 160 Å². The van der Waals surface area contributed by atoms with Crippen LogP contribution >= 0.6 is 15.9 Å². The minimum absolute atomic E-state index is 0.00567. The van der Waals surface area contributed by atoms with Crippen LogP contribution in [0.1, 0.15) is 5.76 Å².